The predicted octanol–water partition coefficient (Wildman–Crippen LogP) is 3.39. The number of hydrogen-bond donors (Lipinski definition) is 4. The van der Waals surface area contributed by atoms with Crippen molar-refractivity contribution in [2.45, 2.75) is 127 Å². The quantitative estimate of drug-likeness (QED) is 0.0685. The van der Waals surface area contributed by atoms with Crippen molar-refractivity contribution in [2.24, 2.45) is 40.4 Å². The van der Waals surface area contributed by atoms with E-state index >= 15 is 0 Å². The van der Waals surface area contributed by atoms with Crippen LogP contribution in [-0.2, 0) is 67.3 Å². The monoisotopic (exact) mass is 880 g/mol. The second-order valence-corrected chi connectivity index (χ2v) is 20.9. The Hall–Kier alpha value is -2.57. The maximum Gasteiger partial charge on any atom is 0.397 e. The smallest absolute Gasteiger partial charge is 0.397 e. The maximum atomic E-state index is 13.2. The minimum atomic E-state index is -5.58. The van der Waals surface area contributed by atoms with E-state index in [1.54, 1.807) is 20.8 Å². The van der Waals surface area contributed by atoms with Gasteiger partial charge in [-0.15, -0.1) is 0 Å². The number of ether oxygens (including phenoxy) is 3. The van der Waals surface area contributed by atoms with Crippen LogP contribution in [0.25, 0.3) is 0 Å². The second kappa shape index (κ2) is 16.4. The Morgan fingerprint density at radius 3 is 2.19 bits per heavy atom. The van der Waals surface area contributed by atoms with Crippen LogP contribution >= 0.6 is 0 Å². The van der Waals surface area contributed by atoms with Gasteiger partial charge in [0.2, 0.25) is 0 Å². The van der Waals surface area contributed by atoms with E-state index < -0.39 is 109 Å². The number of aliphatic carboxylic acids is 1. The van der Waals surface area contributed by atoms with Crippen molar-refractivity contribution in [3.8, 4) is 0 Å². The fraction of sp³-hybridized carbons (Fsp3) is 0.730. The average molecular weight is 881 g/mol. The number of esters is 1. The van der Waals surface area contributed by atoms with Crippen molar-refractivity contribution in [2.75, 3.05) is 6.61 Å². The van der Waals surface area contributed by atoms with Gasteiger partial charge in [0.1, 0.15) is 12.2 Å². The molecule has 58 heavy (non-hydrogen) atoms. The number of aliphatic hydroxyl groups is 1. The first-order valence-electron chi connectivity index (χ1n) is 19.2. The SMILES string of the molecule is C=C1C2CCC3C4(C)CC(O[C@@H]5O[C@@H](COS(=O)(=O)c6ccc(C)cc6)[C@@H](OS(=O)(=O)O)[C@H](OS(=O)(=O)O)C5OC(=O)CC(C)C)CC(C(=O)O)C4CCC3(C2)[C@H]1O. The van der Waals surface area contributed by atoms with Crippen molar-refractivity contribution in [1.82, 2.24) is 0 Å². The zero-order valence-electron chi connectivity index (χ0n) is 32.5. The zero-order chi connectivity index (χ0) is 42.7. The van der Waals surface area contributed by atoms with Crippen LogP contribution in [-0.4, -0.2) is 106 Å². The molecule has 4 N–H and O–H groups in total. The first-order chi connectivity index (χ1) is 26.8. The van der Waals surface area contributed by atoms with E-state index in [2.05, 4.69) is 6.58 Å². The first-order valence-corrected chi connectivity index (χ1v) is 23.3. The molecule has 5 fully saturated rings. The average Bonchev–Trinajstić information content (AvgIpc) is 3.27. The lowest BCUT2D eigenvalue weighted by Gasteiger charge is -2.62. The van der Waals surface area contributed by atoms with Crippen molar-refractivity contribution < 1.29 is 80.9 Å². The molecule has 5 aliphatic rings. The molecular formula is C37H52O18S3. The van der Waals surface area contributed by atoms with E-state index in [-0.39, 0.29) is 47.8 Å². The molecule has 1 aromatic rings. The number of benzene rings is 1. The molecule has 8 unspecified atom stereocenters. The number of aryl methyl sites for hydroxylation is 1. The van der Waals surface area contributed by atoms with E-state index in [0.29, 0.717) is 31.2 Å². The Labute approximate surface area is 338 Å². The van der Waals surface area contributed by atoms with Gasteiger partial charge in [-0.2, -0.15) is 25.3 Å². The number of hydrogen-bond acceptors (Lipinski definition) is 15. The maximum absolute atomic E-state index is 13.2. The van der Waals surface area contributed by atoms with E-state index in [1.807, 2.05) is 6.92 Å². The third-order valence-corrected chi connectivity index (χ3v) is 15.2. The van der Waals surface area contributed by atoms with Gasteiger partial charge in [0, 0.05) is 11.8 Å². The molecule has 13 atom stereocenters. The third kappa shape index (κ3) is 9.19. The number of carbonyl (C=O) groups is 2. The van der Waals surface area contributed by atoms with E-state index in [4.69, 9.17) is 26.8 Å². The number of fused-ring (bicyclic) bond motifs is 3. The Morgan fingerprint density at radius 2 is 1.59 bits per heavy atom. The molecule has 1 aliphatic heterocycles. The standard InChI is InChI=1S/C37H52O18S3/c1-19(2)14-29(38)53-32-31(55-58(47,48)49)30(54-57(44,45)46)27(18-50-56(42,43)24-9-6-20(3)7-10-24)52-35(32)51-23-15-25(34(40)41)26-12-13-37-16-22(21(4)33(37)39)8-11-28(37)36(26,5)17-23/h6-7,9-10,19,22-23,25-28,30-33,35,39H,4,8,11-18H2,1-3,5H3,(H,40,41)(H,44,45,46)(H,47,48,49)/t22?,23?,25?,26?,27-,28?,30+,31-,32?,33-,35+,36?,37?/m0/s1. The van der Waals surface area contributed by atoms with E-state index in [9.17, 15) is 54.2 Å². The molecule has 0 amide bonds. The largest absolute Gasteiger partial charge is 0.481 e. The molecule has 1 heterocycles. The summed E-state index contributed by atoms with van der Waals surface area (Å²) < 4.78 is 128. The van der Waals surface area contributed by atoms with Crippen LogP contribution < -0.4 is 0 Å². The van der Waals surface area contributed by atoms with Gasteiger partial charge in [-0.25, -0.2) is 8.37 Å². The molecule has 4 saturated carbocycles. The highest BCUT2D eigenvalue weighted by atomic mass is 32.3. The van der Waals surface area contributed by atoms with E-state index in [0.717, 1.165) is 12.0 Å². The molecule has 21 heteroatoms. The van der Waals surface area contributed by atoms with Gasteiger partial charge in [-0.1, -0.05) is 45.0 Å². The molecule has 326 valence electrons. The van der Waals surface area contributed by atoms with Crippen molar-refractivity contribution in [1.29, 1.82) is 0 Å². The first kappa shape index (κ1) is 45.0. The van der Waals surface area contributed by atoms with Crippen molar-refractivity contribution in [3.05, 3.63) is 42.0 Å². The van der Waals surface area contributed by atoms with Gasteiger partial charge >= 0.3 is 32.7 Å². The third-order valence-electron chi connectivity index (χ3n) is 13.0. The summed E-state index contributed by atoms with van der Waals surface area (Å²) in [5.41, 5.74) is 0.208. The zero-order valence-corrected chi connectivity index (χ0v) is 35.0. The lowest BCUT2D eigenvalue weighted by molar-refractivity contribution is -0.315. The number of aliphatic hydroxyl groups excluding tert-OH is 1. The predicted molar refractivity (Wildman–Crippen MR) is 200 cm³/mol. The Bertz CT molecular complexity index is 2070. The summed E-state index contributed by atoms with van der Waals surface area (Å²) >= 11 is 0. The fourth-order valence-corrected chi connectivity index (χ4v) is 12.7. The lowest BCUT2D eigenvalue weighted by Crippen LogP contribution is -2.64. The van der Waals surface area contributed by atoms with Crippen LogP contribution in [0.3, 0.4) is 0 Å². The summed E-state index contributed by atoms with van der Waals surface area (Å²) in [5, 5.41) is 22.2. The summed E-state index contributed by atoms with van der Waals surface area (Å²) in [6.07, 6.45) is -9.52. The van der Waals surface area contributed by atoms with Crippen LogP contribution in [0, 0.1) is 47.3 Å². The lowest BCUT2D eigenvalue weighted by atomic mass is 9.43. The second-order valence-electron chi connectivity index (χ2n) is 17.2. The molecule has 18 nitrogen and oxygen atoms in total. The van der Waals surface area contributed by atoms with Gasteiger partial charge in [0.05, 0.1) is 29.6 Å². The van der Waals surface area contributed by atoms with Gasteiger partial charge < -0.3 is 24.4 Å². The molecule has 1 spiro atoms. The van der Waals surface area contributed by atoms with Crippen molar-refractivity contribution in [3.63, 3.8) is 0 Å². The summed E-state index contributed by atoms with van der Waals surface area (Å²) in [7, 11) is -15.7. The fourth-order valence-electron chi connectivity index (χ4n) is 10.7. The minimum absolute atomic E-state index is 0.0997. The summed E-state index contributed by atoms with van der Waals surface area (Å²) in [5.74, 6) is -3.72. The molecule has 2 bridgehead atoms. The normalized spacial score (nSPS) is 37.9. The highest BCUT2D eigenvalue weighted by Gasteiger charge is 2.67. The van der Waals surface area contributed by atoms with Crippen LogP contribution in [0.15, 0.2) is 41.3 Å². The van der Waals surface area contributed by atoms with Crippen LogP contribution in [0.5, 0.6) is 0 Å². The number of carboxylic acid groups (broad SMARTS) is 1. The molecule has 0 aromatic heterocycles. The van der Waals surface area contributed by atoms with Gasteiger partial charge in [-0.05, 0) is 98.7 Å². The minimum Gasteiger partial charge on any atom is -0.481 e. The van der Waals surface area contributed by atoms with Gasteiger partial charge in [-0.3, -0.25) is 22.9 Å². The van der Waals surface area contributed by atoms with Gasteiger partial charge in [0.15, 0.2) is 18.5 Å². The molecule has 6 rings (SSSR count). The Balaban J connectivity index is 1.39. The number of carboxylic acids is 1. The summed E-state index contributed by atoms with van der Waals surface area (Å²) in [6.45, 7) is 10.1. The highest BCUT2D eigenvalue weighted by Crippen LogP contribution is 2.70. The van der Waals surface area contributed by atoms with Gasteiger partial charge in [0.25, 0.3) is 10.1 Å². The van der Waals surface area contributed by atoms with Crippen molar-refractivity contribution >= 4 is 42.9 Å². The molecule has 1 aromatic carbocycles. The molecule has 4 aliphatic carbocycles. The topological polar surface area (TPSA) is 273 Å². The van der Waals surface area contributed by atoms with E-state index in [1.165, 1.54) is 24.3 Å². The Morgan fingerprint density at radius 1 is 0.948 bits per heavy atom. The highest BCUT2D eigenvalue weighted by molar-refractivity contribution is 7.86. The Kier molecular flexibility index (Phi) is 12.7. The molecule has 1 saturated heterocycles. The van der Waals surface area contributed by atoms with Crippen LogP contribution in [0.4, 0.5) is 0 Å². The summed E-state index contributed by atoms with van der Waals surface area (Å²) in [6, 6.07) is 5.43. The van der Waals surface area contributed by atoms with Crippen LogP contribution in [0.2, 0.25) is 0 Å². The van der Waals surface area contributed by atoms with Crippen LogP contribution in [0.1, 0.15) is 77.7 Å². The number of rotatable bonds is 14. The molecular weight excluding hydrogens is 829 g/mol. The summed E-state index contributed by atoms with van der Waals surface area (Å²) in [4.78, 5) is 25.9. The molecule has 0 radical (unpaired) electrons. The number of carbonyl (C=O) groups excluding carboxylic acids is 1.